The monoisotopic (exact) mass is 849 g/mol. The zero-order chi connectivity index (χ0) is 44.4. The summed E-state index contributed by atoms with van der Waals surface area (Å²) in [6, 6.07) is 0. The molecule has 0 saturated carbocycles. The zero-order valence-electron chi connectivity index (χ0n) is 39.7. The summed E-state index contributed by atoms with van der Waals surface area (Å²) in [7, 11) is 0. The summed E-state index contributed by atoms with van der Waals surface area (Å²) in [6.07, 6.45) is 62.8. The van der Waals surface area contributed by atoms with Crippen molar-refractivity contribution in [2.24, 2.45) is 0 Å². The molecule has 0 aromatic carbocycles. The van der Waals surface area contributed by atoms with E-state index in [1.807, 2.05) is 36.5 Å². The number of rotatable bonds is 44. The van der Waals surface area contributed by atoms with Gasteiger partial charge >= 0.3 is 17.9 Å². The van der Waals surface area contributed by atoms with Crippen molar-refractivity contribution < 1.29 is 28.6 Å². The zero-order valence-corrected chi connectivity index (χ0v) is 39.7. The SMILES string of the molecule is CC/C=C/C=C/C=C/C=C/CCCCCC(=O)OCC(COC(=O)CCCCCCCCC/C=C/C=C/C=C/CC)OC(=O)CCCCCCCCCCCCCCCCC. The van der Waals surface area contributed by atoms with Crippen molar-refractivity contribution >= 4 is 17.9 Å². The van der Waals surface area contributed by atoms with E-state index in [0.717, 1.165) is 83.5 Å². The van der Waals surface area contributed by atoms with E-state index >= 15 is 0 Å². The van der Waals surface area contributed by atoms with Gasteiger partial charge in [-0.25, -0.2) is 0 Å². The second-order valence-electron chi connectivity index (χ2n) is 16.5. The molecular formula is C55H92O6. The second-order valence-corrected chi connectivity index (χ2v) is 16.5. The van der Waals surface area contributed by atoms with Crippen molar-refractivity contribution in [3.8, 4) is 0 Å². The van der Waals surface area contributed by atoms with Crippen molar-refractivity contribution in [3.05, 3.63) is 85.1 Å². The van der Waals surface area contributed by atoms with E-state index in [1.165, 1.54) is 103 Å². The minimum Gasteiger partial charge on any atom is -0.462 e. The molecule has 0 fully saturated rings. The van der Waals surface area contributed by atoms with Crippen molar-refractivity contribution in [3.63, 3.8) is 0 Å². The van der Waals surface area contributed by atoms with Crippen molar-refractivity contribution in [2.75, 3.05) is 13.2 Å². The first-order chi connectivity index (χ1) is 30.0. The van der Waals surface area contributed by atoms with Gasteiger partial charge in [0.15, 0.2) is 6.10 Å². The lowest BCUT2D eigenvalue weighted by Crippen LogP contribution is -2.30. The van der Waals surface area contributed by atoms with Crippen LogP contribution in [0.3, 0.4) is 0 Å². The summed E-state index contributed by atoms with van der Waals surface area (Å²) >= 11 is 0. The first-order valence-electron chi connectivity index (χ1n) is 25.2. The van der Waals surface area contributed by atoms with Crippen LogP contribution in [0.2, 0.25) is 0 Å². The summed E-state index contributed by atoms with van der Waals surface area (Å²) in [6.45, 7) is 6.32. The minimum absolute atomic E-state index is 0.0948. The highest BCUT2D eigenvalue weighted by Crippen LogP contribution is 2.15. The van der Waals surface area contributed by atoms with Gasteiger partial charge in [0.2, 0.25) is 0 Å². The third-order valence-corrected chi connectivity index (χ3v) is 10.6. The van der Waals surface area contributed by atoms with Gasteiger partial charge < -0.3 is 14.2 Å². The fourth-order valence-electron chi connectivity index (χ4n) is 6.81. The predicted molar refractivity (Wildman–Crippen MR) is 261 cm³/mol. The molecule has 0 rings (SSSR count). The highest BCUT2D eigenvalue weighted by atomic mass is 16.6. The van der Waals surface area contributed by atoms with Gasteiger partial charge in [-0.1, -0.05) is 234 Å². The molecule has 0 heterocycles. The molecule has 1 unspecified atom stereocenters. The van der Waals surface area contributed by atoms with Crippen LogP contribution in [-0.2, 0) is 28.6 Å². The van der Waals surface area contributed by atoms with Gasteiger partial charge in [0.25, 0.3) is 0 Å². The molecule has 0 aliphatic rings. The van der Waals surface area contributed by atoms with E-state index in [0.29, 0.717) is 19.3 Å². The van der Waals surface area contributed by atoms with Crippen LogP contribution in [0.15, 0.2) is 85.1 Å². The van der Waals surface area contributed by atoms with Gasteiger partial charge in [0, 0.05) is 19.3 Å². The van der Waals surface area contributed by atoms with Crippen LogP contribution in [0.5, 0.6) is 0 Å². The fraction of sp³-hybridized carbons (Fsp3) is 0.691. The average molecular weight is 849 g/mol. The number of carbonyl (C=O) groups is 3. The molecule has 0 aromatic heterocycles. The Hall–Kier alpha value is -3.41. The molecule has 61 heavy (non-hydrogen) atoms. The van der Waals surface area contributed by atoms with Crippen LogP contribution in [0.1, 0.15) is 226 Å². The van der Waals surface area contributed by atoms with Gasteiger partial charge in [-0.05, 0) is 57.8 Å². The molecule has 0 aromatic rings. The highest BCUT2D eigenvalue weighted by molar-refractivity contribution is 5.71. The number of allylic oxidation sites excluding steroid dienone is 14. The van der Waals surface area contributed by atoms with Crippen molar-refractivity contribution in [1.82, 2.24) is 0 Å². The molecule has 0 saturated heterocycles. The molecule has 0 spiro atoms. The summed E-state index contributed by atoms with van der Waals surface area (Å²) < 4.78 is 16.7. The number of hydrogen-bond acceptors (Lipinski definition) is 6. The minimum atomic E-state index is -0.795. The Kier molecular flexibility index (Phi) is 46.5. The predicted octanol–water partition coefficient (Wildman–Crippen LogP) is 16.4. The van der Waals surface area contributed by atoms with Gasteiger partial charge in [0.05, 0.1) is 0 Å². The Morgan fingerprint density at radius 3 is 1.02 bits per heavy atom. The van der Waals surface area contributed by atoms with E-state index in [1.54, 1.807) is 0 Å². The normalized spacial score (nSPS) is 12.8. The van der Waals surface area contributed by atoms with Gasteiger partial charge in [-0.2, -0.15) is 0 Å². The molecule has 0 aliphatic heterocycles. The topological polar surface area (TPSA) is 78.9 Å². The summed E-state index contributed by atoms with van der Waals surface area (Å²) in [4.78, 5) is 37.9. The smallest absolute Gasteiger partial charge is 0.306 e. The third kappa shape index (κ3) is 47.5. The molecule has 0 amide bonds. The number of ether oxygens (including phenoxy) is 3. The van der Waals surface area contributed by atoms with E-state index in [2.05, 4.69) is 69.4 Å². The third-order valence-electron chi connectivity index (χ3n) is 10.6. The molecular weight excluding hydrogens is 757 g/mol. The summed E-state index contributed by atoms with van der Waals surface area (Å²) in [5, 5.41) is 0. The summed E-state index contributed by atoms with van der Waals surface area (Å²) in [5.74, 6) is -0.945. The number of hydrogen-bond donors (Lipinski definition) is 0. The lowest BCUT2D eigenvalue weighted by Gasteiger charge is -2.18. The maximum Gasteiger partial charge on any atom is 0.306 e. The quantitative estimate of drug-likeness (QED) is 0.0263. The Labute approximate surface area is 375 Å². The number of esters is 3. The van der Waals surface area contributed by atoms with Gasteiger partial charge in [0.1, 0.15) is 13.2 Å². The van der Waals surface area contributed by atoms with E-state index in [-0.39, 0.29) is 31.1 Å². The first kappa shape index (κ1) is 57.6. The Balaban J connectivity index is 4.45. The standard InChI is InChI=1S/C55H92O6/c1-4-7-10-13-16-19-22-25-27-30-33-36-39-42-45-48-54(57)60-51-52(50-59-53(56)47-44-41-38-35-32-29-24-21-18-15-12-9-6-3)61-55(58)49-46-43-40-37-34-31-28-26-23-20-17-14-11-8-5-2/h7,9-10,12-13,15-16,18-19,21-22,24,29,32,52H,4-6,8,11,14,17,20,23,25-28,30-31,33-51H2,1-3H3/b10-7+,12-9+,16-13+,18-15+,22-19+,24-21+,32-29+. The molecule has 0 N–H and O–H groups in total. The van der Waals surface area contributed by atoms with E-state index in [9.17, 15) is 14.4 Å². The maximum absolute atomic E-state index is 12.8. The van der Waals surface area contributed by atoms with Crippen LogP contribution in [0.4, 0.5) is 0 Å². The molecule has 6 heteroatoms. The molecule has 1 atom stereocenters. The summed E-state index contributed by atoms with van der Waals surface area (Å²) in [5.41, 5.74) is 0. The van der Waals surface area contributed by atoms with Gasteiger partial charge in [-0.3, -0.25) is 14.4 Å². The van der Waals surface area contributed by atoms with Crippen LogP contribution in [0, 0.1) is 0 Å². The maximum atomic E-state index is 12.8. The number of carbonyl (C=O) groups excluding carboxylic acids is 3. The first-order valence-corrected chi connectivity index (χ1v) is 25.2. The molecule has 0 bridgehead atoms. The second kappa shape index (κ2) is 49.2. The van der Waals surface area contributed by atoms with Crippen LogP contribution >= 0.6 is 0 Å². The molecule has 348 valence electrons. The van der Waals surface area contributed by atoms with Crippen molar-refractivity contribution in [1.29, 1.82) is 0 Å². The average Bonchev–Trinajstić information content (AvgIpc) is 3.26. The Morgan fingerprint density at radius 1 is 0.344 bits per heavy atom. The largest absolute Gasteiger partial charge is 0.462 e. The Morgan fingerprint density at radius 2 is 0.639 bits per heavy atom. The van der Waals surface area contributed by atoms with Crippen LogP contribution in [0.25, 0.3) is 0 Å². The number of unbranched alkanes of at least 4 members (excludes halogenated alkanes) is 24. The van der Waals surface area contributed by atoms with Crippen molar-refractivity contribution in [2.45, 2.75) is 232 Å². The molecule has 0 aliphatic carbocycles. The Bertz CT molecular complexity index is 1200. The van der Waals surface area contributed by atoms with E-state index < -0.39 is 6.10 Å². The molecule has 0 radical (unpaired) electrons. The highest BCUT2D eigenvalue weighted by Gasteiger charge is 2.19. The lowest BCUT2D eigenvalue weighted by molar-refractivity contribution is -0.167. The van der Waals surface area contributed by atoms with Crippen LogP contribution < -0.4 is 0 Å². The molecule has 6 nitrogen and oxygen atoms in total. The van der Waals surface area contributed by atoms with E-state index in [4.69, 9.17) is 14.2 Å². The van der Waals surface area contributed by atoms with Crippen LogP contribution in [-0.4, -0.2) is 37.2 Å². The van der Waals surface area contributed by atoms with Gasteiger partial charge in [-0.15, -0.1) is 0 Å². The fourth-order valence-corrected chi connectivity index (χ4v) is 6.81. The lowest BCUT2D eigenvalue weighted by atomic mass is 10.0.